The first-order chi connectivity index (χ1) is 13.6. The summed E-state index contributed by atoms with van der Waals surface area (Å²) in [7, 11) is 1.60. The maximum Gasteiger partial charge on any atom is 0.256 e. The summed E-state index contributed by atoms with van der Waals surface area (Å²) >= 11 is 0. The zero-order valence-electron chi connectivity index (χ0n) is 16.0. The van der Waals surface area contributed by atoms with Crippen molar-refractivity contribution >= 4 is 17.5 Å². The number of hydrazine groups is 1. The minimum Gasteiger partial charge on any atom is -0.497 e. The molecular formula is C22H23N3O3. The monoisotopic (exact) mass is 377 g/mol. The number of methoxy groups -OCH3 is 1. The summed E-state index contributed by atoms with van der Waals surface area (Å²) < 4.78 is 5.21. The molecule has 0 saturated carbocycles. The van der Waals surface area contributed by atoms with Crippen LogP contribution < -0.4 is 9.64 Å². The number of hydrogen-bond acceptors (Lipinski definition) is 5. The highest BCUT2D eigenvalue weighted by molar-refractivity contribution is 6.26. The van der Waals surface area contributed by atoms with E-state index in [1.807, 2.05) is 25.1 Å². The average Bonchev–Trinajstić information content (AvgIpc) is 3.35. The van der Waals surface area contributed by atoms with Crippen molar-refractivity contribution in [2.75, 3.05) is 25.1 Å². The van der Waals surface area contributed by atoms with Crippen LogP contribution in [0.3, 0.4) is 0 Å². The normalized spacial score (nSPS) is 30.0. The third-order valence-corrected chi connectivity index (χ3v) is 6.44. The Morgan fingerprint density at radius 2 is 1.71 bits per heavy atom. The van der Waals surface area contributed by atoms with Crippen LogP contribution in [0.1, 0.15) is 24.9 Å². The molecule has 3 atom stereocenters. The Morgan fingerprint density at radius 3 is 2.39 bits per heavy atom. The van der Waals surface area contributed by atoms with Crippen LogP contribution in [0.4, 0.5) is 5.69 Å². The molecule has 0 spiro atoms. The van der Waals surface area contributed by atoms with Crippen LogP contribution in [0, 0.1) is 5.92 Å². The lowest BCUT2D eigenvalue weighted by atomic mass is 9.81. The summed E-state index contributed by atoms with van der Waals surface area (Å²) in [5.41, 5.74) is 0.832. The minimum atomic E-state index is -0.853. The Hall–Kier alpha value is -2.70. The van der Waals surface area contributed by atoms with E-state index in [0.717, 1.165) is 25.1 Å². The van der Waals surface area contributed by atoms with Gasteiger partial charge in [0.1, 0.15) is 11.3 Å². The summed E-state index contributed by atoms with van der Waals surface area (Å²) in [4.78, 5) is 28.6. The largest absolute Gasteiger partial charge is 0.497 e. The summed E-state index contributed by atoms with van der Waals surface area (Å²) in [6.45, 7) is 3.60. The fourth-order valence-corrected chi connectivity index (χ4v) is 5.13. The molecule has 3 aliphatic rings. The number of rotatable bonds is 3. The van der Waals surface area contributed by atoms with Gasteiger partial charge >= 0.3 is 0 Å². The molecule has 6 heteroatoms. The fraction of sp³-hybridized carbons (Fsp3) is 0.364. The van der Waals surface area contributed by atoms with Gasteiger partial charge in [-0.15, -0.1) is 0 Å². The first-order valence-corrected chi connectivity index (χ1v) is 9.69. The van der Waals surface area contributed by atoms with Crippen LogP contribution in [0.2, 0.25) is 0 Å². The Balaban J connectivity index is 1.61. The molecule has 0 aliphatic carbocycles. The van der Waals surface area contributed by atoms with E-state index in [4.69, 9.17) is 4.74 Å². The van der Waals surface area contributed by atoms with Gasteiger partial charge in [-0.05, 0) is 43.2 Å². The van der Waals surface area contributed by atoms with Gasteiger partial charge in [0.2, 0.25) is 5.91 Å². The van der Waals surface area contributed by atoms with Crippen molar-refractivity contribution in [2.24, 2.45) is 5.92 Å². The van der Waals surface area contributed by atoms with Gasteiger partial charge < -0.3 is 4.74 Å². The van der Waals surface area contributed by atoms with E-state index in [9.17, 15) is 9.59 Å². The van der Waals surface area contributed by atoms with Crippen molar-refractivity contribution in [1.82, 2.24) is 10.0 Å². The second kappa shape index (κ2) is 6.15. The lowest BCUT2D eigenvalue weighted by molar-refractivity contribution is -0.131. The second-order valence-corrected chi connectivity index (χ2v) is 7.80. The number of hydrogen-bond donors (Lipinski definition) is 0. The van der Waals surface area contributed by atoms with Gasteiger partial charge in [0, 0.05) is 13.1 Å². The number of nitrogens with zero attached hydrogens (tertiary/aromatic N) is 3. The third-order valence-electron chi connectivity index (χ3n) is 6.44. The Bertz CT molecular complexity index is 930. The zero-order valence-corrected chi connectivity index (χ0v) is 16.0. The molecule has 0 radical (unpaired) electrons. The van der Waals surface area contributed by atoms with Gasteiger partial charge in [-0.2, -0.15) is 0 Å². The van der Waals surface area contributed by atoms with E-state index in [0.29, 0.717) is 11.4 Å². The molecule has 3 aliphatic heterocycles. The van der Waals surface area contributed by atoms with Crippen LogP contribution in [0.15, 0.2) is 54.6 Å². The summed E-state index contributed by atoms with van der Waals surface area (Å²) in [5.74, 6) is 0.00542. The number of carbonyl (C=O) groups is 2. The van der Waals surface area contributed by atoms with Gasteiger partial charge in [0.05, 0.1) is 24.8 Å². The summed E-state index contributed by atoms with van der Waals surface area (Å²) in [6.07, 6.45) is 0.996. The molecule has 0 unspecified atom stereocenters. The Labute approximate surface area is 164 Å². The van der Waals surface area contributed by atoms with Crippen molar-refractivity contribution in [2.45, 2.75) is 24.9 Å². The molecule has 5 rings (SSSR count). The van der Waals surface area contributed by atoms with E-state index in [1.54, 1.807) is 31.4 Å². The number of ether oxygens (including phenoxy) is 1. The molecule has 0 bridgehead atoms. The van der Waals surface area contributed by atoms with Crippen molar-refractivity contribution in [3.63, 3.8) is 0 Å². The predicted octanol–water partition coefficient (Wildman–Crippen LogP) is 2.62. The van der Waals surface area contributed by atoms with Gasteiger partial charge in [-0.25, -0.2) is 14.9 Å². The topological polar surface area (TPSA) is 53.1 Å². The van der Waals surface area contributed by atoms with Crippen molar-refractivity contribution in [3.8, 4) is 5.75 Å². The third kappa shape index (κ3) is 2.16. The highest BCUT2D eigenvalue weighted by Gasteiger charge is 2.70. The molecule has 0 aromatic heterocycles. The number of fused-ring (bicyclic) bond motifs is 3. The van der Waals surface area contributed by atoms with E-state index < -0.39 is 11.5 Å². The van der Waals surface area contributed by atoms with E-state index >= 15 is 0 Å². The summed E-state index contributed by atoms with van der Waals surface area (Å²) in [5, 5.41) is 4.38. The molecule has 3 heterocycles. The molecule has 2 amide bonds. The highest BCUT2D eigenvalue weighted by Crippen LogP contribution is 2.54. The molecule has 0 N–H and O–H groups in total. The van der Waals surface area contributed by atoms with Gasteiger partial charge in [-0.3, -0.25) is 9.59 Å². The summed E-state index contributed by atoms with van der Waals surface area (Å²) in [6, 6.07) is 17.1. The van der Waals surface area contributed by atoms with Gasteiger partial charge in [0.15, 0.2) is 0 Å². The van der Waals surface area contributed by atoms with Gasteiger partial charge in [0.25, 0.3) is 5.91 Å². The standard InChI is InChI=1S/C22H23N3O3/c1-22-18(19(15-7-4-3-5-8-15)23-13-6-14-24(22)23)20(26)25(21(22)27)16-9-11-17(28-2)12-10-16/h3-5,7-12,18-19H,6,13-14H2,1-2H3/t18-,19+,22+/m0/s1. The maximum absolute atomic E-state index is 13.6. The lowest BCUT2D eigenvalue weighted by Crippen LogP contribution is -2.52. The molecular weight excluding hydrogens is 354 g/mol. The van der Waals surface area contributed by atoms with Crippen LogP contribution >= 0.6 is 0 Å². The average molecular weight is 377 g/mol. The number of anilines is 1. The van der Waals surface area contributed by atoms with Crippen LogP contribution in [-0.4, -0.2) is 47.6 Å². The fourth-order valence-electron chi connectivity index (χ4n) is 5.13. The molecule has 3 fully saturated rings. The van der Waals surface area contributed by atoms with Crippen molar-refractivity contribution in [3.05, 3.63) is 60.2 Å². The number of carbonyl (C=O) groups excluding carboxylic acids is 2. The minimum absolute atomic E-state index is 0.117. The van der Waals surface area contributed by atoms with Crippen molar-refractivity contribution < 1.29 is 14.3 Å². The van der Waals surface area contributed by atoms with E-state index in [-0.39, 0.29) is 17.9 Å². The van der Waals surface area contributed by atoms with Crippen molar-refractivity contribution in [1.29, 1.82) is 0 Å². The van der Waals surface area contributed by atoms with Crippen LogP contribution in [0.25, 0.3) is 0 Å². The first kappa shape index (κ1) is 17.4. The number of imide groups is 1. The lowest BCUT2D eigenvalue weighted by Gasteiger charge is -2.33. The quantitative estimate of drug-likeness (QED) is 0.770. The van der Waals surface area contributed by atoms with Crippen LogP contribution in [0.5, 0.6) is 5.75 Å². The number of benzene rings is 2. The molecule has 28 heavy (non-hydrogen) atoms. The molecule has 6 nitrogen and oxygen atoms in total. The molecule has 3 saturated heterocycles. The predicted molar refractivity (Wildman–Crippen MR) is 105 cm³/mol. The zero-order chi connectivity index (χ0) is 19.5. The van der Waals surface area contributed by atoms with Gasteiger partial charge in [-0.1, -0.05) is 30.3 Å². The molecule has 2 aromatic carbocycles. The van der Waals surface area contributed by atoms with Crippen LogP contribution in [-0.2, 0) is 9.59 Å². The smallest absolute Gasteiger partial charge is 0.256 e. The molecule has 2 aromatic rings. The first-order valence-electron chi connectivity index (χ1n) is 9.69. The Kier molecular flexibility index (Phi) is 3.82. The maximum atomic E-state index is 13.6. The molecule has 144 valence electrons. The highest BCUT2D eigenvalue weighted by atomic mass is 16.5. The second-order valence-electron chi connectivity index (χ2n) is 7.80. The SMILES string of the molecule is COc1ccc(N2C(=O)[C@@H]3[C@@H](c4ccccc4)N4CCCN4[C@@]3(C)C2=O)cc1. The van der Waals surface area contributed by atoms with E-state index in [1.165, 1.54) is 4.90 Å². The van der Waals surface area contributed by atoms with E-state index in [2.05, 4.69) is 22.2 Å². The number of amides is 2. The Morgan fingerprint density at radius 1 is 1.00 bits per heavy atom.